The second-order valence-corrected chi connectivity index (χ2v) is 5.41. The Morgan fingerprint density at radius 3 is 2.33 bits per heavy atom. The number of amides is 3. The second kappa shape index (κ2) is 5.24. The van der Waals surface area contributed by atoms with Gasteiger partial charge in [-0.2, -0.15) is 0 Å². The van der Waals surface area contributed by atoms with Gasteiger partial charge in [-0.25, -0.2) is 9.28 Å². The molecule has 2 rings (SSSR count). The molecule has 1 heterocycles. The molecule has 1 aliphatic carbocycles. The average Bonchev–Trinajstić information content (AvgIpc) is 2.39. The zero-order chi connectivity index (χ0) is 13.2. The Bertz CT molecular complexity index is 341. The van der Waals surface area contributed by atoms with Gasteiger partial charge in [0.1, 0.15) is 6.54 Å². The highest BCUT2D eigenvalue weighted by Crippen LogP contribution is 2.32. The molecule has 0 spiro atoms. The zero-order valence-electron chi connectivity index (χ0n) is 10.7. The summed E-state index contributed by atoms with van der Waals surface area (Å²) in [6, 6.07) is -0.748. The number of piperazine rings is 1. The quantitative estimate of drug-likeness (QED) is 0.589. The van der Waals surface area contributed by atoms with E-state index >= 15 is 0 Å². The van der Waals surface area contributed by atoms with E-state index in [1.54, 1.807) is 0 Å². The van der Waals surface area contributed by atoms with E-state index in [0.29, 0.717) is 19.6 Å². The van der Waals surface area contributed by atoms with Crippen LogP contribution in [0.25, 0.3) is 0 Å². The van der Waals surface area contributed by atoms with Crippen molar-refractivity contribution in [2.75, 3.05) is 19.6 Å². The van der Waals surface area contributed by atoms with Crippen LogP contribution in [-0.2, 0) is 4.79 Å². The van der Waals surface area contributed by atoms with Crippen LogP contribution in [0.4, 0.5) is 4.79 Å². The molecule has 0 bridgehead atoms. The van der Waals surface area contributed by atoms with E-state index < -0.39 is 18.0 Å². The Morgan fingerprint density at radius 1 is 1.11 bits per heavy atom. The summed E-state index contributed by atoms with van der Waals surface area (Å²) in [5.74, 6) is -0.424. The minimum Gasteiger partial charge on any atom is -0.364 e. The number of rotatable bonds is 2. The third-order valence-corrected chi connectivity index (χ3v) is 4.52. The molecule has 18 heavy (non-hydrogen) atoms. The summed E-state index contributed by atoms with van der Waals surface area (Å²) in [5, 5.41) is 3.14. The topological polar surface area (TPSA) is 98.2 Å². The molecule has 0 aromatic carbocycles. The largest absolute Gasteiger partial charge is 0.414 e. The Kier molecular flexibility index (Phi) is 3.87. The van der Waals surface area contributed by atoms with Crippen molar-refractivity contribution in [3.63, 3.8) is 0 Å². The van der Waals surface area contributed by atoms with E-state index in [1.165, 1.54) is 6.42 Å². The SMILES string of the molecule is NC(=O)C1CNCC[N@+]1(C(N)=O)C1CCCCC1. The number of carbonyl (C=O) groups is 2. The monoisotopic (exact) mass is 255 g/mol. The number of nitrogens with one attached hydrogen (secondary N) is 1. The summed E-state index contributed by atoms with van der Waals surface area (Å²) in [7, 11) is 0. The van der Waals surface area contributed by atoms with Crippen molar-refractivity contribution < 1.29 is 14.1 Å². The van der Waals surface area contributed by atoms with Crippen molar-refractivity contribution in [1.29, 1.82) is 0 Å². The van der Waals surface area contributed by atoms with Crippen molar-refractivity contribution in [2.45, 2.75) is 44.2 Å². The highest BCUT2D eigenvalue weighted by Gasteiger charge is 2.53. The molecule has 2 aliphatic rings. The third kappa shape index (κ3) is 2.10. The molecule has 102 valence electrons. The van der Waals surface area contributed by atoms with E-state index in [9.17, 15) is 9.59 Å². The normalized spacial score (nSPS) is 34.1. The molecule has 1 unspecified atom stereocenters. The lowest BCUT2D eigenvalue weighted by atomic mass is 9.89. The van der Waals surface area contributed by atoms with Gasteiger partial charge in [0.15, 0.2) is 6.04 Å². The number of nitrogens with zero attached hydrogens (tertiary/aromatic N) is 1. The van der Waals surface area contributed by atoms with Crippen molar-refractivity contribution in [2.24, 2.45) is 11.5 Å². The highest BCUT2D eigenvalue weighted by atomic mass is 16.2. The lowest BCUT2D eigenvalue weighted by molar-refractivity contribution is -0.893. The molecule has 0 aromatic heterocycles. The number of primary amides is 2. The average molecular weight is 255 g/mol. The van der Waals surface area contributed by atoms with Crippen molar-refractivity contribution in [3.8, 4) is 0 Å². The molecule has 1 aliphatic heterocycles. The Morgan fingerprint density at radius 2 is 1.78 bits per heavy atom. The maximum atomic E-state index is 12.0. The van der Waals surface area contributed by atoms with Gasteiger partial charge >= 0.3 is 6.03 Å². The molecule has 1 saturated heterocycles. The van der Waals surface area contributed by atoms with Crippen LogP contribution in [0.2, 0.25) is 0 Å². The van der Waals surface area contributed by atoms with Crippen LogP contribution in [0.1, 0.15) is 32.1 Å². The summed E-state index contributed by atoms with van der Waals surface area (Å²) in [6.45, 7) is 1.74. The van der Waals surface area contributed by atoms with Crippen molar-refractivity contribution in [3.05, 3.63) is 0 Å². The minimum absolute atomic E-state index is 0.0718. The first kappa shape index (κ1) is 13.3. The lowest BCUT2D eigenvalue weighted by Crippen LogP contribution is -2.75. The molecular weight excluding hydrogens is 232 g/mol. The fourth-order valence-electron chi connectivity index (χ4n) is 3.57. The van der Waals surface area contributed by atoms with Crippen molar-refractivity contribution >= 4 is 11.9 Å². The number of quaternary nitrogens is 1. The summed E-state index contributed by atoms with van der Waals surface area (Å²) >= 11 is 0. The first-order valence-electron chi connectivity index (χ1n) is 6.76. The number of urea groups is 1. The minimum atomic E-state index is -0.514. The Labute approximate surface area is 107 Å². The zero-order valence-corrected chi connectivity index (χ0v) is 10.7. The van der Waals surface area contributed by atoms with Gasteiger partial charge in [0, 0.05) is 19.4 Å². The molecule has 2 atom stereocenters. The summed E-state index contributed by atoms with van der Waals surface area (Å²) in [6.07, 6.45) is 5.35. The van der Waals surface area contributed by atoms with E-state index in [-0.39, 0.29) is 10.5 Å². The van der Waals surface area contributed by atoms with E-state index in [4.69, 9.17) is 11.5 Å². The van der Waals surface area contributed by atoms with Gasteiger partial charge < -0.3 is 16.8 Å². The van der Waals surface area contributed by atoms with Crippen molar-refractivity contribution in [1.82, 2.24) is 5.32 Å². The van der Waals surface area contributed by atoms with Gasteiger partial charge in [0.25, 0.3) is 5.91 Å². The molecular formula is C12H23N4O2+. The molecule has 0 aromatic rings. The number of nitrogens with two attached hydrogens (primary N) is 2. The summed E-state index contributed by atoms with van der Waals surface area (Å²) in [5.41, 5.74) is 11.1. The molecule has 5 N–H and O–H groups in total. The molecule has 3 amide bonds. The fourth-order valence-corrected chi connectivity index (χ4v) is 3.57. The molecule has 6 nitrogen and oxygen atoms in total. The van der Waals surface area contributed by atoms with Gasteiger partial charge in [-0.3, -0.25) is 4.79 Å². The number of carbonyl (C=O) groups excluding carboxylic acids is 2. The molecule has 1 saturated carbocycles. The fraction of sp³-hybridized carbons (Fsp3) is 0.833. The lowest BCUT2D eigenvalue weighted by Gasteiger charge is -2.48. The van der Waals surface area contributed by atoms with Gasteiger partial charge in [0.05, 0.1) is 12.6 Å². The number of hydrogen-bond acceptors (Lipinski definition) is 3. The van der Waals surface area contributed by atoms with Crippen LogP contribution >= 0.6 is 0 Å². The van der Waals surface area contributed by atoms with Crippen LogP contribution in [0.15, 0.2) is 0 Å². The maximum Gasteiger partial charge on any atom is 0.414 e. The third-order valence-electron chi connectivity index (χ3n) is 4.52. The highest BCUT2D eigenvalue weighted by molar-refractivity contribution is 5.81. The van der Waals surface area contributed by atoms with Crippen LogP contribution in [0.3, 0.4) is 0 Å². The summed E-state index contributed by atoms with van der Waals surface area (Å²) in [4.78, 5) is 23.7. The van der Waals surface area contributed by atoms with Crippen LogP contribution < -0.4 is 16.8 Å². The van der Waals surface area contributed by atoms with Crippen LogP contribution in [-0.4, -0.2) is 48.1 Å². The predicted octanol–water partition coefficient (Wildman–Crippen LogP) is -0.328. The van der Waals surface area contributed by atoms with E-state index in [1.807, 2.05) is 0 Å². The summed E-state index contributed by atoms with van der Waals surface area (Å²) < 4.78 is 0.0718. The van der Waals surface area contributed by atoms with Crippen LogP contribution in [0.5, 0.6) is 0 Å². The van der Waals surface area contributed by atoms with E-state index in [0.717, 1.165) is 25.7 Å². The first-order valence-corrected chi connectivity index (χ1v) is 6.76. The van der Waals surface area contributed by atoms with Gasteiger partial charge in [-0.15, -0.1) is 0 Å². The maximum absolute atomic E-state index is 12.0. The van der Waals surface area contributed by atoms with Crippen LogP contribution in [0, 0.1) is 0 Å². The predicted molar refractivity (Wildman–Crippen MR) is 67.4 cm³/mol. The Hall–Kier alpha value is -1.14. The van der Waals surface area contributed by atoms with E-state index in [2.05, 4.69) is 5.32 Å². The second-order valence-electron chi connectivity index (χ2n) is 5.41. The standard InChI is InChI=1S/C12H22N4O2/c13-11(17)10-8-15-6-7-16(10,12(14)18)9-4-2-1-3-5-9/h9-10,15H,1-8H2,(H3-,13,14,17,18)/p+1/t10?,16-/m0/s1. The van der Waals surface area contributed by atoms with Gasteiger partial charge in [-0.1, -0.05) is 6.42 Å². The number of hydrogen-bond donors (Lipinski definition) is 3. The molecule has 0 radical (unpaired) electrons. The smallest absolute Gasteiger partial charge is 0.364 e. The first-order chi connectivity index (χ1) is 8.59. The molecule has 2 fully saturated rings. The molecule has 6 heteroatoms. The Balaban J connectivity index is 2.32. The van der Waals surface area contributed by atoms with Gasteiger partial charge in [0.2, 0.25) is 0 Å². The van der Waals surface area contributed by atoms with Gasteiger partial charge in [-0.05, 0) is 12.8 Å².